The van der Waals surface area contributed by atoms with E-state index in [4.69, 9.17) is 16.3 Å². The van der Waals surface area contributed by atoms with Crippen molar-refractivity contribution in [1.82, 2.24) is 4.98 Å². The number of carbonyl (C=O) groups excluding carboxylic acids is 1. The van der Waals surface area contributed by atoms with E-state index in [9.17, 15) is 4.79 Å². The van der Waals surface area contributed by atoms with Gasteiger partial charge < -0.3 is 4.74 Å². The van der Waals surface area contributed by atoms with Crippen LogP contribution in [0.5, 0.6) is 5.88 Å². The summed E-state index contributed by atoms with van der Waals surface area (Å²) in [5, 5.41) is -0.494. The van der Waals surface area contributed by atoms with E-state index in [1.807, 2.05) is 0 Å². The van der Waals surface area contributed by atoms with Gasteiger partial charge in [0.05, 0.1) is 12.2 Å². The molecule has 0 amide bonds. The average Bonchev–Trinajstić information content (AvgIpc) is 2.99. The summed E-state index contributed by atoms with van der Waals surface area (Å²) in [5.74, 6) is 1.25. The van der Waals surface area contributed by atoms with Gasteiger partial charge in [0.25, 0.3) is 5.24 Å². The highest BCUT2D eigenvalue weighted by atomic mass is 35.5. The van der Waals surface area contributed by atoms with Crippen LogP contribution in [-0.4, -0.2) is 16.8 Å². The Morgan fingerprint density at radius 1 is 1.57 bits per heavy atom. The topological polar surface area (TPSA) is 39.2 Å². The van der Waals surface area contributed by atoms with Crippen LogP contribution in [0.2, 0.25) is 0 Å². The molecule has 1 aromatic rings. The first-order chi connectivity index (χ1) is 6.75. The lowest BCUT2D eigenvalue weighted by Gasteiger charge is -2.03. The van der Waals surface area contributed by atoms with Crippen LogP contribution in [0.3, 0.4) is 0 Å². The lowest BCUT2D eigenvalue weighted by atomic mass is 10.3. The van der Waals surface area contributed by atoms with Crippen molar-refractivity contribution in [2.75, 3.05) is 6.61 Å². The zero-order chi connectivity index (χ0) is 9.97. The number of hydrogen-bond donors (Lipinski definition) is 0. The van der Waals surface area contributed by atoms with Crippen molar-refractivity contribution in [2.45, 2.75) is 12.8 Å². The van der Waals surface area contributed by atoms with Crippen LogP contribution in [0, 0.1) is 5.92 Å². The molecule has 0 unspecified atom stereocenters. The molecular weight excluding hydrogens is 202 g/mol. The van der Waals surface area contributed by atoms with Crippen molar-refractivity contribution in [3.05, 3.63) is 23.9 Å². The molecule has 2 rings (SSSR count). The molecule has 1 fully saturated rings. The summed E-state index contributed by atoms with van der Waals surface area (Å²) in [6, 6.07) is 3.28. The maximum Gasteiger partial charge on any atom is 0.253 e. The van der Waals surface area contributed by atoms with Crippen molar-refractivity contribution in [3.63, 3.8) is 0 Å². The van der Waals surface area contributed by atoms with Crippen LogP contribution in [-0.2, 0) is 0 Å². The minimum atomic E-state index is -0.494. The second-order valence-electron chi connectivity index (χ2n) is 3.41. The monoisotopic (exact) mass is 211 g/mol. The van der Waals surface area contributed by atoms with Crippen molar-refractivity contribution >= 4 is 16.8 Å². The normalized spacial score (nSPS) is 15.2. The zero-order valence-corrected chi connectivity index (χ0v) is 8.33. The molecule has 0 saturated heterocycles. The van der Waals surface area contributed by atoms with Gasteiger partial charge in [-0.1, -0.05) is 0 Å². The highest BCUT2D eigenvalue weighted by Crippen LogP contribution is 2.29. The van der Waals surface area contributed by atoms with Gasteiger partial charge in [-0.05, 0) is 36.4 Å². The molecular formula is C10H10ClNO2. The first-order valence-corrected chi connectivity index (χ1v) is 4.92. The third-order valence-corrected chi connectivity index (χ3v) is 2.35. The van der Waals surface area contributed by atoms with Crippen LogP contribution >= 0.6 is 11.6 Å². The Hall–Kier alpha value is -1.09. The Morgan fingerprint density at radius 3 is 2.86 bits per heavy atom. The predicted octanol–water partition coefficient (Wildman–Crippen LogP) is 2.25. The molecule has 1 aromatic heterocycles. The molecule has 3 nitrogen and oxygen atoms in total. The van der Waals surface area contributed by atoms with Gasteiger partial charge in [-0.2, -0.15) is 0 Å². The molecule has 0 spiro atoms. The van der Waals surface area contributed by atoms with Crippen molar-refractivity contribution in [1.29, 1.82) is 0 Å². The number of hydrogen-bond acceptors (Lipinski definition) is 3. The summed E-state index contributed by atoms with van der Waals surface area (Å²) >= 11 is 5.27. The Morgan fingerprint density at radius 2 is 2.36 bits per heavy atom. The molecule has 0 radical (unpaired) electrons. The summed E-state index contributed by atoms with van der Waals surface area (Å²) in [6.07, 6.45) is 3.92. The Labute approximate surface area is 87.0 Å². The van der Waals surface area contributed by atoms with E-state index < -0.39 is 5.24 Å². The van der Waals surface area contributed by atoms with E-state index in [1.165, 1.54) is 19.0 Å². The number of halogens is 1. The predicted molar refractivity (Wildman–Crippen MR) is 52.6 cm³/mol. The summed E-state index contributed by atoms with van der Waals surface area (Å²) < 4.78 is 5.40. The quantitative estimate of drug-likeness (QED) is 0.717. The van der Waals surface area contributed by atoms with Crippen molar-refractivity contribution in [2.24, 2.45) is 5.92 Å². The van der Waals surface area contributed by atoms with Crippen LogP contribution in [0.15, 0.2) is 18.3 Å². The Kier molecular flexibility index (Phi) is 2.68. The summed E-state index contributed by atoms with van der Waals surface area (Å²) in [6.45, 7) is 0.723. The fourth-order valence-corrected chi connectivity index (χ4v) is 1.18. The number of rotatable bonds is 4. The molecule has 1 heterocycles. The molecule has 1 aliphatic rings. The lowest BCUT2D eigenvalue weighted by Crippen LogP contribution is -2.01. The first-order valence-electron chi connectivity index (χ1n) is 4.54. The van der Waals surface area contributed by atoms with Crippen molar-refractivity contribution in [3.8, 4) is 5.88 Å². The van der Waals surface area contributed by atoms with Crippen LogP contribution in [0.25, 0.3) is 0 Å². The van der Waals surface area contributed by atoms with Gasteiger partial charge in [0.15, 0.2) is 0 Å². The second kappa shape index (κ2) is 3.96. The first kappa shape index (κ1) is 9.46. The third-order valence-electron chi connectivity index (χ3n) is 2.13. The van der Waals surface area contributed by atoms with Gasteiger partial charge in [0.1, 0.15) is 0 Å². The third kappa shape index (κ3) is 2.45. The molecule has 0 N–H and O–H groups in total. The summed E-state index contributed by atoms with van der Waals surface area (Å²) in [5.41, 5.74) is 0.394. The lowest BCUT2D eigenvalue weighted by molar-refractivity contribution is 0.108. The molecule has 0 atom stereocenters. The standard InChI is InChI=1S/C10H10ClNO2/c11-10(13)8-3-4-9(12-5-8)14-6-7-1-2-7/h3-5,7H,1-2,6H2. The molecule has 0 aromatic carbocycles. The van der Waals surface area contributed by atoms with E-state index in [-0.39, 0.29) is 0 Å². The fraction of sp³-hybridized carbons (Fsp3) is 0.400. The molecule has 0 bridgehead atoms. The van der Waals surface area contributed by atoms with Gasteiger partial charge in [0, 0.05) is 12.3 Å². The molecule has 74 valence electrons. The number of aromatic nitrogens is 1. The van der Waals surface area contributed by atoms with E-state index in [1.54, 1.807) is 12.1 Å². The van der Waals surface area contributed by atoms with Gasteiger partial charge in [-0.3, -0.25) is 4.79 Å². The van der Waals surface area contributed by atoms with Crippen LogP contribution in [0.1, 0.15) is 23.2 Å². The highest BCUT2D eigenvalue weighted by molar-refractivity contribution is 6.67. The maximum atomic E-state index is 10.7. The van der Waals surface area contributed by atoms with Gasteiger partial charge in [0.2, 0.25) is 5.88 Å². The van der Waals surface area contributed by atoms with Crippen LogP contribution < -0.4 is 4.74 Å². The zero-order valence-electron chi connectivity index (χ0n) is 7.57. The van der Waals surface area contributed by atoms with Gasteiger partial charge >= 0.3 is 0 Å². The molecule has 1 saturated carbocycles. The smallest absolute Gasteiger partial charge is 0.253 e. The largest absolute Gasteiger partial charge is 0.477 e. The molecule has 1 aliphatic carbocycles. The molecule has 14 heavy (non-hydrogen) atoms. The van der Waals surface area contributed by atoms with Gasteiger partial charge in [-0.25, -0.2) is 4.98 Å². The van der Waals surface area contributed by atoms with E-state index in [0.29, 0.717) is 17.4 Å². The minimum absolute atomic E-state index is 0.394. The second-order valence-corrected chi connectivity index (χ2v) is 3.76. The SMILES string of the molecule is O=C(Cl)c1ccc(OCC2CC2)nc1. The highest BCUT2D eigenvalue weighted by Gasteiger charge is 2.22. The van der Waals surface area contributed by atoms with Crippen LogP contribution in [0.4, 0.5) is 0 Å². The minimum Gasteiger partial charge on any atom is -0.477 e. The van der Waals surface area contributed by atoms with E-state index in [2.05, 4.69) is 4.98 Å². The maximum absolute atomic E-state index is 10.7. The fourth-order valence-electron chi connectivity index (χ4n) is 1.07. The average molecular weight is 212 g/mol. The number of carbonyl (C=O) groups is 1. The summed E-state index contributed by atoms with van der Waals surface area (Å²) in [7, 11) is 0. The van der Waals surface area contributed by atoms with E-state index >= 15 is 0 Å². The van der Waals surface area contributed by atoms with Gasteiger partial charge in [-0.15, -0.1) is 0 Å². The molecule has 0 aliphatic heterocycles. The van der Waals surface area contributed by atoms with E-state index in [0.717, 1.165) is 6.61 Å². The molecule has 4 heteroatoms. The van der Waals surface area contributed by atoms with Crippen molar-refractivity contribution < 1.29 is 9.53 Å². The summed E-state index contributed by atoms with van der Waals surface area (Å²) in [4.78, 5) is 14.7. The number of ether oxygens (including phenoxy) is 1. The Balaban J connectivity index is 1.94. The Bertz CT molecular complexity index is 332. The number of pyridine rings is 1. The number of nitrogens with zero attached hydrogens (tertiary/aromatic N) is 1.